The van der Waals surface area contributed by atoms with E-state index in [4.69, 9.17) is 10.8 Å². The minimum absolute atomic E-state index is 0.273. The summed E-state index contributed by atoms with van der Waals surface area (Å²) in [7, 11) is 0. The van der Waals surface area contributed by atoms with Gasteiger partial charge in [0.15, 0.2) is 0 Å². The Labute approximate surface area is 105 Å². The van der Waals surface area contributed by atoms with Gasteiger partial charge in [-0.15, -0.1) is 0 Å². The van der Waals surface area contributed by atoms with Crippen molar-refractivity contribution in [3.05, 3.63) is 52.5 Å². The standard InChI is InChI=1S/C14H14N2S/c1-9-3-6-14(10(2)7-9)17-11-4-5-12(15)13(16)8-11/h3-8,15-16H,1-2H3. The van der Waals surface area contributed by atoms with Crippen molar-refractivity contribution in [2.24, 2.45) is 0 Å². The molecule has 0 amide bonds. The molecule has 0 heterocycles. The Balaban J connectivity index is 2.22. The van der Waals surface area contributed by atoms with Crippen LogP contribution in [-0.4, -0.2) is 11.4 Å². The summed E-state index contributed by atoms with van der Waals surface area (Å²) in [6, 6.07) is 6.35. The Morgan fingerprint density at radius 3 is 2.41 bits per heavy atom. The quantitative estimate of drug-likeness (QED) is 0.759. The second kappa shape index (κ2) is 4.72. The first-order valence-corrected chi connectivity index (χ1v) is 6.20. The van der Waals surface area contributed by atoms with Crippen LogP contribution in [0.2, 0.25) is 0 Å². The highest BCUT2D eigenvalue weighted by Crippen LogP contribution is 2.31. The highest BCUT2D eigenvalue weighted by atomic mass is 32.2. The monoisotopic (exact) mass is 242 g/mol. The fourth-order valence-electron chi connectivity index (χ4n) is 1.63. The van der Waals surface area contributed by atoms with Gasteiger partial charge >= 0.3 is 0 Å². The number of rotatable bonds is 2. The van der Waals surface area contributed by atoms with Gasteiger partial charge in [-0.2, -0.15) is 0 Å². The summed E-state index contributed by atoms with van der Waals surface area (Å²) in [5.41, 5.74) is 3.06. The molecule has 0 aromatic heterocycles. The lowest BCUT2D eigenvalue weighted by atomic mass is 10.1. The number of thioether (sulfide) groups is 1. The molecule has 0 radical (unpaired) electrons. The molecule has 2 nitrogen and oxygen atoms in total. The minimum atomic E-state index is 0.273. The summed E-state index contributed by atoms with van der Waals surface area (Å²) in [5.74, 6) is 0. The van der Waals surface area contributed by atoms with Gasteiger partial charge in [0.05, 0.1) is 11.4 Å². The number of aryl methyl sites for hydroxylation is 2. The molecular weight excluding hydrogens is 228 g/mol. The van der Waals surface area contributed by atoms with Crippen LogP contribution in [0.4, 0.5) is 0 Å². The largest absolute Gasteiger partial charge is 0.299 e. The number of nitrogens with one attached hydrogen (secondary N) is 2. The van der Waals surface area contributed by atoms with Gasteiger partial charge in [-0.05, 0) is 43.7 Å². The van der Waals surface area contributed by atoms with Crippen molar-refractivity contribution in [3.8, 4) is 0 Å². The number of hydrogen-bond acceptors (Lipinski definition) is 3. The third-order valence-corrected chi connectivity index (χ3v) is 3.72. The molecule has 0 saturated heterocycles. The van der Waals surface area contributed by atoms with E-state index in [0.29, 0.717) is 0 Å². The summed E-state index contributed by atoms with van der Waals surface area (Å²) < 4.78 is 0. The molecule has 1 aromatic rings. The first-order valence-electron chi connectivity index (χ1n) is 5.38. The lowest BCUT2D eigenvalue weighted by molar-refractivity contribution is 1.27. The molecule has 0 fully saturated rings. The predicted octanol–water partition coefficient (Wildman–Crippen LogP) is 3.89. The van der Waals surface area contributed by atoms with E-state index in [-0.39, 0.29) is 11.4 Å². The third kappa shape index (κ3) is 2.74. The molecule has 1 aliphatic carbocycles. The van der Waals surface area contributed by atoms with E-state index in [1.807, 2.05) is 6.08 Å². The van der Waals surface area contributed by atoms with Crippen LogP contribution in [0.25, 0.3) is 0 Å². The van der Waals surface area contributed by atoms with Crippen molar-refractivity contribution in [2.45, 2.75) is 18.7 Å². The molecule has 2 rings (SSSR count). The fourth-order valence-corrected chi connectivity index (χ4v) is 2.55. The Bertz CT molecular complexity index is 553. The average Bonchev–Trinajstić information content (AvgIpc) is 2.27. The predicted molar refractivity (Wildman–Crippen MR) is 74.4 cm³/mol. The summed E-state index contributed by atoms with van der Waals surface area (Å²) in [6.45, 7) is 4.17. The van der Waals surface area contributed by atoms with Gasteiger partial charge in [0.2, 0.25) is 0 Å². The lowest BCUT2D eigenvalue weighted by Crippen LogP contribution is -2.09. The Hall–Kier alpha value is -1.61. The van der Waals surface area contributed by atoms with Crippen molar-refractivity contribution in [1.82, 2.24) is 0 Å². The molecule has 2 N–H and O–H groups in total. The highest BCUT2D eigenvalue weighted by Gasteiger charge is 2.09. The van der Waals surface area contributed by atoms with E-state index >= 15 is 0 Å². The first kappa shape index (κ1) is 11.9. The molecule has 0 aliphatic heterocycles. The SMILES string of the molecule is Cc1ccc(SC2=CC(=N)C(=N)C=C2)c(C)c1. The van der Waals surface area contributed by atoms with Crippen molar-refractivity contribution < 1.29 is 0 Å². The van der Waals surface area contributed by atoms with E-state index in [2.05, 4.69) is 32.0 Å². The van der Waals surface area contributed by atoms with E-state index in [0.717, 1.165) is 4.91 Å². The number of hydrogen-bond donors (Lipinski definition) is 2. The van der Waals surface area contributed by atoms with Gasteiger partial charge < -0.3 is 0 Å². The van der Waals surface area contributed by atoms with Gasteiger partial charge in [-0.3, -0.25) is 10.8 Å². The summed E-state index contributed by atoms with van der Waals surface area (Å²) in [6.07, 6.45) is 5.31. The normalized spacial score (nSPS) is 15.1. The zero-order chi connectivity index (χ0) is 12.4. The van der Waals surface area contributed by atoms with Crippen LogP contribution in [0.1, 0.15) is 11.1 Å². The van der Waals surface area contributed by atoms with Crippen molar-refractivity contribution in [3.63, 3.8) is 0 Å². The van der Waals surface area contributed by atoms with Gasteiger partial charge in [0.1, 0.15) is 0 Å². The summed E-state index contributed by atoms with van der Waals surface area (Å²) >= 11 is 1.64. The van der Waals surface area contributed by atoms with Gasteiger partial charge in [0.25, 0.3) is 0 Å². The third-order valence-electron chi connectivity index (χ3n) is 2.55. The van der Waals surface area contributed by atoms with Crippen LogP contribution < -0.4 is 0 Å². The van der Waals surface area contributed by atoms with Crippen LogP contribution in [0.15, 0.2) is 46.2 Å². The molecule has 0 unspecified atom stereocenters. The van der Waals surface area contributed by atoms with Crippen LogP contribution in [0.3, 0.4) is 0 Å². The Morgan fingerprint density at radius 2 is 1.76 bits per heavy atom. The number of allylic oxidation sites excluding steroid dienone is 3. The molecule has 1 aromatic carbocycles. The highest BCUT2D eigenvalue weighted by molar-refractivity contribution is 8.03. The van der Waals surface area contributed by atoms with Gasteiger partial charge in [-0.1, -0.05) is 29.5 Å². The Morgan fingerprint density at radius 1 is 1.00 bits per heavy atom. The lowest BCUT2D eigenvalue weighted by Gasteiger charge is -2.10. The van der Waals surface area contributed by atoms with E-state index in [9.17, 15) is 0 Å². The fraction of sp³-hybridized carbons (Fsp3) is 0.143. The molecule has 0 atom stereocenters. The van der Waals surface area contributed by atoms with Crippen molar-refractivity contribution in [1.29, 1.82) is 10.8 Å². The van der Waals surface area contributed by atoms with Crippen molar-refractivity contribution in [2.75, 3.05) is 0 Å². The molecule has 17 heavy (non-hydrogen) atoms. The smallest absolute Gasteiger partial charge is 0.0800 e. The van der Waals surface area contributed by atoms with Crippen LogP contribution in [0.5, 0.6) is 0 Å². The maximum atomic E-state index is 7.61. The molecule has 0 saturated carbocycles. The average molecular weight is 242 g/mol. The maximum Gasteiger partial charge on any atom is 0.0800 e. The first-order chi connectivity index (χ1) is 8.06. The second-order valence-corrected chi connectivity index (χ2v) is 5.19. The zero-order valence-electron chi connectivity index (χ0n) is 9.87. The van der Waals surface area contributed by atoms with Crippen LogP contribution in [0, 0.1) is 24.7 Å². The summed E-state index contributed by atoms with van der Waals surface area (Å²) in [4.78, 5) is 2.21. The second-order valence-electron chi connectivity index (χ2n) is 4.08. The van der Waals surface area contributed by atoms with E-state index in [1.165, 1.54) is 16.0 Å². The van der Waals surface area contributed by atoms with Crippen LogP contribution >= 0.6 is 11.8 Å². The Kier molecular flexibility index (Phi) is 3.29. The summed E-state index contributed by atoms with van der Waals surface area (Å²) in [5, 5.41) is 15.1. The van der Waals surface area contributed by atoms with Gasteiger partial charge in [-0.25, -0.2) is 0 Å². The van der Waals surface area contributed by atoms with Crippen molar-refractivity contribution >= 4 is 23.2 Å². The molecule has 1 aliphatic rings. The van der Waals surface area contributed by atoms with E-state index < -0.39 is 0 Å². The molecule has 0 bridgehead atoms. The molecule has 0 spiro atoms. The van der Waals surface area contributed by atoms with Crippen LogP contribution in [-0.2, 0) is 0 Å². The molecule has 3 heteroatoms. The minimum Gasteiger partial charge on any atom is -0.299 e. The topological polar surface area (TPSA) is 47.7 Å². The molecule has 86 valence electrons. The zero-order valence-corrected chi connectivity index (χ0v) is 10.7. The molecular formula is C14H14N2S. The maximum absolute atomic E-state index is 7.61. The van der Waals surface area contributed by atoms with E-state index in [1.54, 1.807) is 23.9 Å². The van der Waals surface area contributed by atoms with Gasteiger partial charge in [0, 0.05) is 9.80 Å². The number of benzene rings is 1.